The monoisotopic (exact) mass is 764 g/mol. The van der Waals surface area contributed by atoms with Crippen LogP contribution in [0.1, 0.15) is 34.8 Å². The number of aryl methyl sites for hydroxylation is 2. The van der Waals surface area contributed by atoms with E-state index in [2.05, 4.69) is 210 Å². The van der Waals surface area contributed by atoms with Crippen molar-refractivity contribution in [1.29, 1.82) is 0 Å². The number of aromatic amines is 2. The first-order valence-electron chi connectivity index (χ1n) is 20.2. The number of aromatic nitrogens is 5. The molecule has 4 aromatic carbocycles. The zero-order valence-electron chi connectivity index (χ0n) is 32.8. The molecule has 0 aliphatic carbocycles. The molecule has 2 aliphatic heterocycles. The van der Waals surface area contributed by atoms with Gasteiger partial charge in [-0.05, 0) is 95.9 Å². The summed E-state index contributed by atoms with van der Waals surface area (Å²) in [6.07, 6.45) is 13.7. The molecule has 6 nitrogen and oxygen atoms in total. The summed E-state index contributed by atoms with van der Waals surface area (Å²) < 4.78 is 8.45. The van der Waals surface area contributed by atoms with Gasteiger partial charge in [0.25, 0.3) is 0 Å². The van der Waals surface area contributed by atoms with Crippen LogP contribution in [0.25, 0.3) is 90.9 Å². The van der Waals surface area contributed by atoms with Gasteiger partial charge in [-0.1, -0.05) is 103 Å². The molecule has 6 heteroatoms. The van der Waals surface area contributed by atoms with Gasteiger partial charge < -0.3 is 14.7 Å². The second-order valence-corrected chi connectivity index (χ2v) is 14.9. The van der Waals surface area contributed by atoms with Gasteiger partial charge in [-0.15, -0.1) is 0 Å². The predicted octanol–water partition coefficient (Wildman–Crippen LogP) is 12.4. The van der Waals surface area contributed by atoms with E-state index in [1.165, 1.54) is 5.56 Å². The van der Waals surface area contributed by atoms with Crippen LogP contribution in [0.2, 0.25) is 0 Å². The Bertz CT molecular complexity index is 3000. The number of fused-ring (bicyclic) bond motifs is 8. The Labute approximate surface area is 343 Å². The van der Waals surface area contributed by atoms with E-state index in [1.807, 2.05) is 0 Å². The summed E-state index contributed by atoms with van der Waals surface area (Å²) in [6, 6.07) is 52.8. The molecule has 0 atom stereocenters. The molecule has 2 aliphatic rings. The van der Waals surface area contributed by atoms with Gasteiger partial charge in [-0.2, -0.15) is 0 Å². The lowest BCUT2D eigenvalue weighted by Gasteiger charge is -2.08. The molecule has 0 fully saturated rings. The molecule has 0 saturated carbocycles. The summed E-state index contributed by atoms with van der Waals surface area (Å²) in [4.78, 5) is 18.5. The quantitative estimate of drug-likeness (QED) is 0.114. The number of nitrogens with one attached hydrogen (secondary N) is 2. The van der Waals surface area contributed by atoms with Crippen LogP contribution in [-0.4, -0.2) is 26.5 Å². The Morgan fingerprint density at radius 2 is 0.864 bits per heavy atom. The van der Waals surface area contributed by atoms with Gasteiger partial charge in [0.05, 0.1) is 29.4 Å². The standard InChI is InChI=1S/C53H42N5O/c1-36-13-11-32-58(35-36)33-12-34-59-41-22-20-40(21-23-41)53-48-30-28-46(56-48)51(38-16-7-3-8-17-38)44-26-24-42(54-44)50(37-14-5-2-6-15-37)43-25-27-45(55-43)52(39-18-9-4-10-19-39)47-29-31-49(53)57-47/h2-11,13-32,35,54,57H,12,33-34H2,1H3/q+1. The second-order valence-electron chi connectivity index (χ2n) is 14.9. The highest BCUT2D eigenvalue weighted by molar-refractivity contribution is 5.99. The first kappa shape index (κ1) is 35.8. The first-order valence-corrected chi connectivity index (χ1v) is 20.2. The van der Waals surface area contributed by atoms with Crippen LogP contribution in [0, 0.1) is 6.92 Å². The molecule has 0 saturated heterocycles. The third-order valence-corrected chi connectivity index (χ3v) is 10.9. The summed E-state index contributed by atoms with van der Waals surface area (Å²) in [7, 11) is 0. The van der Waals surface area contributed by atoms with Crippen molar-refractivity contribution < 1.29 is 9.30 Å². The van der Waals surface area contributed by atoms with Gasteiger partial charge in [0, 0.05) is 62.4 Å². The van der Waals surface area contributed by atoms with Gasteiger partial charge in [0.2, 0.25) is 0 Å². The van der Waals surface area contributed by atoms with E-state index in [-0.39, 0.29) is 0 Å². The molecule has 0 amide bonds. The number of ether oxygens (including phenoxy) is 1. The molecule has 0 unspecified atom stereocenters. The highest BCUT2D eigenvalue weighted by atomic mass is 16.5. The van der Waals surface area contributed by atoms with Crippen LogP contribution in [0.15, 0.2) is 164 Å². The van der Waals surface area contributed by atoms with Crippen LogP contribution < -0.4 is 9.30 Å². The summed E-state index contributed by atoms with van der Waals surface area (Å²) in [5.74, 6) is 0.840. The van der Waals surface area contributed by atoms with Crippen LogP contribution in [0.3, 0.4) is 0 Å². The lowest BCUT2D eigenvalue weighted by molar-refractivity contribution is -0.697. The summed E-state index contributed by atoms with van der Waals surface area (Å²) >= 11 is 0. The number of hydrogen-bond donors (Lipinski definition) is 2. The first-order chi connectivity index (χ1) is 29.1. The van der Waals surface area contributed by atoms with Crippen molar-refractivity contribution in [3.8, 4) is 50.3 Å². The van der Waals surface area contributed by atoms with Crippen LogP contribution in [0.5, 0.6) is 5.75 Å². The van der Waals surface area contributed by atoms with Crippen molar-refractivity contribution in [2.75, 3.05) is 6.61 Å². The smallest absolute Gasteiger partial charge is 0.171 e. The lowest BCUT2D eigenvalue weighted by Crippen LogP contribution is -2.33. The normalized spacial score (nSPS) is 11.9. The maximum Gasteiger partial charge on any atom is 0.171 e. The van der Waals surface area contributed by atoms with E-state index in [0.717, 1.165) is 108 Å². The van der Waals surface area contributed by atoms with E-state index < -0.39 is 0 Å². The Kier molecular flexibility index (Phi) is 9.57. The van der Waals surface area contributed by atoms with E-state index in [1.54, 1.807) is 0 Å². The van der Waals surface area contributed by atoms with Crippen molar-refractivity contribution in [3.63, 3.8) is 0 Å². The molecular formula is C53H42N5O+. The zero-order valence-corrected chi connectivity index (χ0v) is 32.8. The topological polar surface area (TPSA) is 70.5 Å². The van der Waals surface area contributed by atoms with Crippen molar-refractivity contribution >= 4 is 46.4 Å². The molecule has 8 bridgehead atoms. The maximum atomic E-state index is 6.24. The maximum absolute atomic E-state index is 6.24. The molecule has 4 aromatic heterocycles. The molecule has 2 N–H and O–H groups in total. The molecule has 8 aromatic rings. The Morgan fingerprint density at radius 3 is 1.27 bits per heavy atom. The highest BCUT2D eigenvalue weighted by Crippen LogP contribution is 2.38. The number of H-pyrrole nitrogens is 2. The fraction of sp³-hybridized carbons (Fsp3) is 0.0755. The highest BCUT2D eigenvalue weighted by Gasteiger charge is 2.19. The van der Waals surface area contributed by atoms with E-state index in [9.17, 15) is 0 Å². The Balaban J connectivity index is 1.19. The fourth-order valence-electron chi connectivity index (χ4n) is 8.18. The van der Waals surface area contributed by atoms with Crippen molar-refractivity contribution in [3.05, 3.63) is 192 Å². The average Bonchev–Trinajstić information content (AvgIpc) is 4.13. The molecule has 10 rings (SSSR count). The summed E-state index contributed by atoms with van der Waals surface area (Å²) in [6.45, 7) is 3.65. The molecule has 0 radical (unpaired) electrons. The number of rotatable bonds is 9. The van der Waals surface area contributed by atoms with Gasteiger partial charge in [0.1, 0.15) is 5.75 Å². The molecule has 284 valence electrons. The number of benzene rings is 4. The van der Waals surface area contributed by atoms with Crippen molar-refractivity contribution in [1.82, 2.24) is 19.9 Å². The average molecular weight is 765 g/mol. The van der Waals surface area contributed by atoms with Gasteiger partial charge >= 0.3 is 0 Å². The lowest BCUT2D eigenvalue weighted by atomic mass is 10.0. The zero-order chi connectivity index (χ0) is 39.5. The van der Waals surface area contributed by atoms with E-state index in [0.29, 0.717) is 6.61 Å². The number of pyridine rings is 1. The SMILES string of the molecule is Cc1ccc[n+](CCCOc2ccc(-c3c4nc(c(-c5ccccc5)c5ccc([nH]5)c(-c5ccccc5)c5nc(c(-c6ccccc6)c6ccc3[nH]6)C=C5)C=C4)cc2)c1. The van der Waals surface area contributed by atoms with Crippen LogP contribution in [0.4, 0.5) is 0 Å². The minimum atomic E-state index is 0.628. The second kappa shape index (κ2) is 15.8. The third-order valence-electron chi connectivity index (χ3n) is 10.9. The molecule has 6 heterocycles. The minimum Gasteiger partial charge on any atom is -0.493 e. The minimum absolute atomic E-state index is 0.628. The Hall–Kier alpha value is -7.57. The van der Waals surface area contributed by atoms with Crippen molar-refractivity contribution in [2.24, 2.45) is 0 Å². The summed E-state index contributed by atoms with van der Waals surface area (Å²) in [5.41, 5.74) is 17.0. The molecule has 0 spiro atoms. The number of hydrogen-bond acceptors (Lipinski definition) is 3. The van der Waals surface area contributed by atoms with E-state index >= 15 is 0 Å². The van der Waals surface area contributed by atoms with Gasteiger partial charge in [0.15, 0.2) is 18.9 Å². The summed E-state index contributed by atoms with van der Waals surface area (Å²) in [5, 5.41) is 0. The van der Waals surface area contributed by atoms with Crippen LogP contribution >= 0.6 is 0 Å². The fourth-order valence-corrected chi connectivity index (χ4v) is 8.18. The van der Waals surface area contributed by atoms with Crippen molar-refractivity contribution in [2.45, 2.75) is 19.9 Å². The predicted molar refractivity (Wildman–Crippen MR) is 242 cm³/mol. The van der Waals surface area contributed by atoms with E-state index in [4.69, 9.17) is 14.7 Å². The largest absolute Gasteiger partial charge is 0.493 e. The Morgan fingerprint density at radius 1 is 0.458 bits per heavy atom. The number of nitrogens with zero attached hydrogens (tertiary/aromatic N) is 3. The molecule has 59 heavy (non-hydrogen) atoms. The third kappa shape index (κ3) is 7.28. The van der Waals surface area contributed by atoms with Gasteiger partial charge in [-0.25, -0.2) is 14.5 Å². The van der Waals surface area contributed by atoms with Gasteiger partial charge in [-0.3, -0.25) is 0 Å². The van der Waals surface area contributed by atoms with Crippen LogP contribution in [-0.2, 0) is 6.54 Å². The molecular weight excluding hydrogens is 723 g/mol.